The summed E-state index contributed by atoms with van der Waals surface area (Å²) in [6, 6.07) is 4.31. The van der Waals surface area contributed by atoms with Crippen molar-refractivity contribution < 1.29 is 0 Å². The van der Waals surface area contributed by atoms with Crippen LogP contribution in [0.4, 0.5) is 0 Å². The molecular weight excluding hydrogens is 280 g/mol. The van der Waals surface area contributed by atoms with Gasteiger partial charge in [-0.2, -0.15) is 0 Å². The van der Waals surface area contributed by atoms with E-state index in [9.17, 15) is 0 Å². The van der Waals surface area contributed by atoms with E-state index in [1.54, 1.807) is 12.3 Å². The number of hydrogen-bond donors (Lipinski definition) is 1. The molecule has 0 aromatic carbocycles. The minimum atomic E-state index is 0.621. The van der Waals surface area contributed by atoms with Crippen LogP contribution in [0.5, 0.6) is 0 Å². The van der Waals surface area contributed by atoms with Crippen molar-refractivity contribution in [3.63, 3.8) is 0 Å². The lowest BCUT2D eigenvalue weighted by molar-refractivity contribution is 0.680. The summed E-state index contributed by atoms with van der Waals surface area (Å²) in [4.78, 5) is 12.9. The highest BCUT2D eigenvalue weighted by Gasteiger charge is 2.19. The normalized spacial score (nSPS) is 14.6. The van der Waals surface area contributed by atoms with Crippen LogP contribution in [0.2, 0.25) is 5.02 Å². The molecule has 3 rings (SSSR count). The standard InChI is InChI=1S/C13H13ClN4S/c14-11-2-1-5-15-12(11)19-13-17-7-9(8-18-13)6-16-10-3-4-10/h1-2,5,7-8,10,16H,3-4,6H2. The Labute approximate surface area is 121 Å². The lowest BCUT2D eigenvalue weighted by atomic mass is 10.3. The van der Waals surface area contributed by atoms with Gasteiger partial charge in [0.15, 0.2) is 5.16 Å². The predicted octanol–water partition coefficient (Wildman–Crippen LogP) is 2.93. The SMILES string of the molecule is Clc1cccnc1Sc1ncc(CNC2CC2)cn1. The molecule has 0 bridgehead atoms. The second kappa shape index (κ2) is 5.86. The highest BCUT2D eigenvalue weighted by atomic mass is 35.5. The Morgan fingerprint density at radius 1 is 1.26 bits per heavy atom. The second-order valence-electron chi connectivity index (χ2n) is 4.42. The number of pyridine rings is 1. The Morgan fingerprint density at radius 3 is 2.74 bits per heavy atom. The van der Waals surface area contributed by atoms with Crippen LogP contribution in [-0.4, -0.2) is 21.0 Å². The fourth-order valence-corrected chi connectivity index (χ4v) is 2.47. The Hall–Kier alpha value is -1.17. The van der Waals surface area contributed by atoms with Gasteiger partial charge >= 0.3 is 0 Å². The molecule has 0 unspecified atom stereocenters. The molecule has 98 valence electrons. The van der Waals surface area contributed by atoms with Gasteiger partial charge in [-0.1, -0.05) is 11.6 Å². The number of nitrogens with one attached hydrogen (secondary N) is 1. The first-order valence-corrected chi connectivity index (χ1v) is 7.33. The van der Waals surface area contributed by atoms with Crippen molar-refractivity contribution >= 4 is 23.4 Å². The molecule has 0 spiro atoms. The third-order valence-electron chi connectivity index (χ3n) is 2.77. The Kier molecular flexibility index (Phi) is 3.96. The molecule has 1 saturated carbocycles. The fraction of sp³-hybridized carbons (Fsp3) is 0.308. The second-order valence-corrected chi connectivity index (χ2v) is 5.78. The molecule has 2 aromatic rings. The van der Waals surface area contributed by atoms with Gasteiger partial charge < -0.3 is 5.32 Å². The molecular formula is C13H13ClN4S. The number of hydrogen-bond acceptors (Lipinski definition) is 5. The summed E-state index contributed by atoms with van der Waals surface area (Å²) in [7, 11) is 0. The average Bonchev–Trinajstić information content (AvgIpc) is 3.25. The molecule has 0 saturated heterocycles. The molecule has 0 amide bonds. The van der Waals surface area contributed by atoms with E-state index in [0.717, 1.165) is 17.1 Å². The molecule has 2 aromatic heterocycles. The molecule has 1 aliphatic carbocycles. The minimum Gasteiger partial charge on any atom is -0.310 e. The fourth-order valence-electron chi connectivity index (χ4n) is 1.57. The van der Waals surface area contributed by atoms with Crippen LogP contribution in [0.3, 0.4) is 0 Å². The maximum Gasteiger partial charge on any atom is 0.193 e. The summed E-state index contributed by atoms with van der Waals surface area (Å²) in [6.07, 6.45) is 7.98. The molecule has 0 atom stereocenters. The van der Waals surface area contributed by atoms with Crippen LogP contribution in [0, 0.1) is 0 Å². The first kappa shape index (κ1) is 12.8. The first-order chi connectivity index (χ1) is 9.31. The third-order valence-corrected chi connectivity index (χ3v) is 4.10. The van der Waals surface area contributed by atoms with Gasteiger partial charge in [0.05, 0.1) is 5.02 Å². The molecule has 19 heavy (non-hydrogen) atoms. The summed E-state index contributed by atoms with van der Waals surface area (Å²) in [5, 5.41) is 5.44. The number of halogens is 1. The molecule has 6 heteroatoms. The average molecular weight is 293 g/mol. The summed E-state index contributed by atoms with van der Waals surface area (Å²) in [5.74, 6) is 0. The van der Waals surface area contributed by atoms with E-state index < -0.39 is 0 Å². The van der Waals surface area contributed by atoms with Gasteiger partial charge in [0.2, 0.25) is 0 Å². The summed E-state index contributed by atoms with van der Waals surface area (Å²) < 4.78 is 0. The van der Waals surface area contributed by atoms with Crippen LogP contribution in [0.15, 0.2) is 40.9 Å². The third kappa shape index (κ3) is 3.65. The highest BCUT2D eigenvalue weighted by Crippen LogP contribution is 2.28. The van der Waals surface area contributed by atoms with Crippen molar-refractivity contribution in [3.05, 3.63) is 41.3 Å². The molecule has 0 aliphatic heterocycles. The van der Waals surface area contributed by atoms with Crippen LogP contribution < -0.4 is 5.32 Å². The smallest absolute Gasteiger partial charge is 0.193 e. The molecule has 4 nitrogen and oxygen atoms in total. The summed E-state index contributed by atoms with van der Waals surface area (Å²) >= 11 is 7.42. The van der Waals surface area contributed by atoms with Crippen molar-refractivity contribution in [2.45, 2.75) is 35.6 Å². The topological polar surface area (TPSA) is 50.7 Å². The lowest BCUT2D eigenvalue weighted by Crippen LogP contribution is -2.15. The van der Waals surface area contributed by atoms with E-state index in [1.165, 1.54) is 24.6 Å². The molecule has 2 heterocycles. The Bertz CT molecular complexity index is 557. The highest BCUT2D eigenvalue weighted by molar-refractivity contribution is 7.99. The molecule has 1 N–H and O–H groups in total. The maximum absolute atomic E-state index is 6.05. The van der Waals surface area contributed by atoms with E-state index in [1.807, 2.05) is 18.5 Å². The van der Waals surface area contributed by atoms with E-state index >= 15 is 0 Å². The van der Waals surface area contributed by atoms with Gasteiger partial charge in [-0.25, -0.2) is 15.0 Å². The number of aromatic nitrogens is 3. The largest absolute Gasteiger partial charge is 0.310 e. The van der Waals surface area contributed by atoms with Crippen molar-refractivity contribution in [3.8, 4) is 0 Å². The van der Waals surface area contributed by atoms with Gasteiger partial charge in [0, 0.05) is 36.7 Å². The van der Waals surface area contributed by atoms with Crippen LogP contribution in [0.25, 0.3) is 0 Å². The Balaban J connectivity index is 1.63. The number of rotatable bonds is 5. The van der Waals surface area contributed by atoms with E-state index in [2.05, 4.69) is 20.3 Å². The van der Waals surface area contributed by atoms with E-state index in [4.69, 9.17) is 11.6 Å². The van der Waals surface area contributed by atoms with Crippen molar-refractivity contribution in [1.29, 1.82) is 0 Å². The van der Waals surface area contributed by atoms with Crippen molar-refractivity contribution in [2.24, 2.45) is 0 Å². The van der Waals surface area contributed by atoms with E-state index in [-0.39, 0.29) is 0 Å². The number of nitrogens with zero attached hydrogens (tertiary/aromatic N) is 3. The summed E-state index contributed by atoms with van der Waals surface area (Å²) in [6.45, 7) is 0.833. The van der Waals surface area contributed by atoms with Gasteiger partial charge in [-0.15, -0.1) is 0 Å². The zero-order valence-electron chi connectivity index (χ0n) is 10.2. The lowest BCUT2D eigenvalue weighted by Gasteiger charge is -2.04. The molecule has 1 fully saturated rings. The van der Waals surface area contributed by atoms with Crippen LogP contribution >= 0.6 is 23.4 Å². The molecule has 1 aliphatic rings. The quantitative estimate of drug-likeness (QED) is 0.859. The first-order valence-electron chi connectivity index (χ1n) is 6.14. The van der Waals surface area contributed by atoms with Gasteiger partial charge in [-0.05, 0) is 36.7 Å². The Morgan fingerprint density at radius 2 is 2.05 bits per heavy atom. The maximum atomic E-state index is 6.05. The van der Waals surface area contributed by atoms with Crippen molar-refractivity contribution in [1.82, 2.24) is 20.3 Å². The van der Waals surface area contributed by atoms with E-state index in [0.29, 0.717) is 16.2 Å². The van der Waals surface area contributed by atoms with Gasteiger partial charge in [0.25, 0.3) is 0 Å². The van der Waals surface area contributed by atoms with Gasteiger partial charge in [-0.3, -0.25) is 0 Å². The van der Waals surface area contributed by atoms with Crippen LogP contribution in [-0.2, 0) is 6.54 Å². The summed E-state index contributed by atoms with van der Waals surface area (Å²) in [5.41, 5.74) is 1.10. The minimum absolute atomic E-state index is 0.621. The monoisotopic (exact) mass is 292 g/mol. The predicted molar refractivity (Wildman–Crippen MR) is 75.3 cm³/mol. The molecule has 0 radical (unpaired) electrons. The zero-order valence-corrected chi connectivity index (χ0v) is 11.8. The zero-order chi connectivity index (χ0) is 13.1. The van der Waals surface area contributed by atoms with Gasteiger partial charge in [0.1, 0.15) is 5.03 Å². The van der Waals surface area contributed by atoms with Crippen molar-refractivity contribution in [2.75, 3.05) is 0 Å². The van der Waals surface area contributed by atoms with Crippen LogP contribution in [0.1, 0.15) is 18.4 Å².